The van der Waals surface area contributed by atoms with Gasteiger partial charge in [-0.3, -0.25) is 9.59 Å². The number of carbonyl (C=O) groups excluding carboxylic acids is 2. The van der Waals surface area contributed by atoms with Crippen LogP contribution in [-0.4, -0.2) is 46.8 Å². The summed E-state index contributed by atoms with van der Waals surface area (Å²) in [5, 5.41) is 2.92. The number of ether oxygens (including phenoxy) is 1. The predicted octanol–water partition coefficient (Wildman–Crippen LogP) is 2.97. The molecular weight excluding hydrogens is 336 g/mol. The quantitative estimate of drug-likeness (QED) is 0.791. The van der Waals surface area contributed by atoms with Crippen molar-refractivity contribution < 1.29 is 14.3 Å². The second kappa shape index (κ2) is 7.00. The molecule has 2 heterocycles. The Bertz CT molecular complexity index is 674. The summed E-state index contributed by atoms with van der Waals surface area (Å²) in [5.41, 5.74) is 1.74. The zero-order chi connectivity index (χ0) is 18.2. The zero-order valence-electron chi connectivity index (χ0n) is 15.2. The molecule has 1 aromatic rings. The fourth-order valence-electron chi connectivity index (χ4n) is 3.50. The average molecular weight is 362 g/mol. The summed E-state index contributed by atoms with van der Waals surface area (Å²) < 4.78 is 5.17. The molecule has 6 heteroatoms. The van der Waals surface area contributed by atoms with E-state index < -0.39 is 6.04 Å². The fourth-order valence-corrected chi connectivity index (χ4v) is 5.09. The zero-order valence-corrected chi connectivity index (χ0v) is 16.1. The number of hydrogen-bond donors (Lipinski definition) is 1. The minimum atomic E-state index is -0.464. The topological polar surface area (TPSA) is 58.6 Å². The number of benzene rings is 1. The van der Waals surface area contributed by atoms with Crippen LogP contribution < -0.4 is 5.32 Å². The van der Waals surface area contributed by atoms with Gasteiger partial charge in [-0.25, -0.2) is 0 Å². The molecule has 1 aromatic carbocycles. The van der Waals surface area contributed by atoms with Gasteiger partial charge < -0.3 is 15.0 Å². The van der Waals surface area contributed by atoms with E-state index in [1.807, 2.05) is 52.0 Å². The van der Waals surface area contributed by atoms with E-state index in [4.69, 9.17) is 4.74 Å². The maximum atomic E-state index is 12.8. The maximum absolute atomic E-state index is 12.8. The molecule has 1 saturated heterocycles. The van der Waals surface area contributed by atoms with Crippen molar-refractivity contribution in [3.63, 3.8) is 0 Å². The largest absolute Gasteiger partial charge is 0.379 e. The molecule has 2 amide bonds. The molecule has 1 N–H and O–H groups in total. The first-order valence-electron chi connectivity index (χ1n) is 8.81. The van der Waals surface area contributed by atoms with Gasteiger partial charge in [0.05, 0.1) is 6.10 Å². The summed E-state index contributed by atoms with van der Waals surface area (Å²) in [5.74, 6) is -0.118. The summed E-state index contributed by atoms with van der Waals surface area (Å²) in [6.45, 7) is 9.25. The van der Waals surface area contributed by atoms with Crippen molar-refractivity contribution in [3.8, 4) is 0 Å². The molecule has 1 fully saturated rings. The Labute approximate surface area is 153 Å². The van der Waals surface area contributed by atoms with Crippen LogP contribution in [-0.2, 0) is 9.53 Å². The molecule has 0 aliphatic carbocycles. The van der Waals surface area contributed by atoms with Crippen molar-refractivity contribution in [1.29, 1.82) is 0 Å². The average Bonchev–Trinajstić information content (AvgIpc) is 2.97. The molecule has 0 unspecified atom stereocenters. The van der Waals surface area contributed by atoms with E-state index in [2.05, 4.69) is 5.32 Å². The van der Waals surface area contributed by atoms with Crippen molar-refractivity contribution in [2.45, 2.75) is 56.4 Å². The van der Waals surface area contributed by atoms with Crippen LogP contribution in [0.2, 0.25) is 0 Å². The van der Waals surface area contributed by atoms with Crippen LogP contribution in [0, 0.1) is 0 Å². The van der Waals surface area contributed by atoms with Gasteiger partial charge in [-0.2, -0.15) is 0 Å². The van der Waals surface area contributed by atoms with E-state index in [1.165, 1.54) is 0 Å². The Hall–Kier alpha value is -1.53. The first kappa shape index (κ1) is 18.3. The number of nitrogens with one attached hydrogen (secondary N) is 1. The fraction of sp³-hybridized carbons (Fsp3) is 0.579. The molecule has 3 rings (SSSR count). The molecule has 5 nitrogen and oxygen atoms in total. The third-order valence-corrected chi connectivity index (χ3v) is 6.15. The highest BCUT2D eigenvalue weighted by atomic mass is 32.2. The first-order chi connectivity index (χ1) is 11.8. The molecule has 0 saturated carbocycles. The Morgan fingerprint density at radius 2 is 2.08 bits per heavy atom. The van der Waals surface area contributed by atoms with E-state index in [1.54, 1.807) is 16.7 Å². The highest BCUT2D eigenvalue weighted by Crippen LogP contribution is 2.56. The third-order valence-electron chi connectivity index (χ3n) is 4.62. The van der Waals surface area contributed by atoms with Crippen molar-refractivity contribution in [1.82, 2.24) is 10.2 Å². The van der Waals surface area contributed by atoms with Crippen molar-refractivity contribution in [2.75, 3.05) is 13.2 Å². The Balaban J connectivity index is 1.69. The van der Waals surface area contributed by atoms with Crippen LogP contribution in [0.5, 0.6) is 0 Å². The molecular formula is C19H26N2O3S. The molecule has 25 heavy (non-hydrogen) atoms. The van der Waals surface area contributed by atoms with Crippen molar-refractivity contribution in [3.05, 3.63) is 35.4 Å². The lowest BCUT2D eigenvalue weighted by Crippen LogP contribution is -2.52. The number of hydrogen-bond acceptors (Lipinski definition) is 4. The van der Waals surface area contributed by atoms with E-state index in [-0.39, 0.29) is 28.0 Å². The Morgan fingerprint density at radius 1 is 1.36 bits per heavy atom. The predicted molar refractivity (Wildman–Crippen MR) is 99.5 cm³/mol. The molecule has 0 aromatic heterocycles. The molecule has 136 valence electrons. The Morgan fingerprint density at radius 3 is 2.80 bits per heavy atom. The van der Waals surface area contributed by atoms with Crippen LogP contribution in [0.4, 0.5) is 0 Å². The molecule has 0 bridgehead atoms. The normalized spacial score (nSPS) is 23.7. The van der Waals surface area contributed by atoms with E-state index >= 15 is 0 Å². The van der Waals surface area contributed by atoms with Gasteiger partial charge in [0.1, 0.15) is 11.4 Å². The van der Waals surface area contributed by atoms with Crippen molar-refractivity contribution in [2.24, 2.45) is 0 Å². The van der Waals surface area contributed by atoms with Gasteiger partial charge in [-0.1, -0.05) is 18.2 Å². The lowest BCUT2D eigenvalue weighted by atomic mass is 10.0. The maximum Gasteiger partial charge on any atom is 0.256 e. The van der Waals surface area contributed by atoms with E-state index in [0.29, 0.717) is 13.2 Å². The van der Waals surface area contributed by atoms with Crippen LogP contribution in [0.1, 0.15) is 55.4 Å². The molecule has 0 radical (unpaired) electrons. The minimum absolute atomic E-state index is 0.0398. The highest BCUT2D eigenvalue weighted by Gasteiger charge is 2.57. The monoisotopic (exact) mass is 362 g/mol. The van der Waals surface area contributed by atoms with Crippen LogP contribution in [0.3, 0.4) is 0 Å². The molecule has 2 aliphatic rings. The van der Waals surface area contributed by atoms with Gasteiger partial charge in [0.25, 0.3) is 5.91 Å². The smallest absolute Gasteiger partial charge is 0.256 e. The lowest BCUT2D eigenvalue weighted by molar-refractivity contribution is -0.126. The third kappa shape index (κ3) is 3.42. The number of fused-ring (bicyclic) bond motifs is 3. The molecule has 2 atom stereocenters. The summed E-state index contributed by atoms with van der Waals surface area (Å²) in [7, 11) is 0. The van der Waals surface area contributed by atoms with Gasteiger partial charge >= 0.3 is 0 Å². The number of rotatable bonds is 6. The standard InChI is InChI=1S/C19H26N2O3S/c1-12(2)24-11-7-10-20-16(22)15-19(3,4)25-18-14-9-6-5-8-13(14)17(23)21(15)18/h5-6,8-9,12,15,18H,7,10-11H2,1-4H3,(H,20,22)/t15-,18+/m0/s1. The summed E-state index contributed by atoms with van der Waals surface area (Å²) >= 11 is 1.69. The second-order valence-electron chi connectivity index (χ2n) is 7.34. The molecule has 0 spiro atoms. The highest BCUT2D eigenvalue weighted by molar-refractivity contribution is 8.01. The summed E-state index contributed by atoms with van der Waals surface area (Å²) in [6.07, 6.45) is 0.962. The number of carbonyl (C=O) groups is 2. The minimum Gasteiger partial charge on any atom is -0.379 e. The van der Waals surface area contributed by atoms with E-state index in [0.717, 1.165) is 17.5 Å². The van der Waals surface area contributed by atoms with Crippen LogP contribution >= 0.6 is 11.8 Å². The van der Waals surface area contributed by atoms with Crippen molar-refractivity contribution >= 4 is 23.6 Å². The van der Waals surface area contributed by atoms with Gasteiger partial charge in [-0.05, 0) is 45.7 Å². The molecule has 2 aliphatic heterocycles. The lowest BCUT2D eigenvalue weighted by Gasteiger charge is -2.29. The second-order valence-corrected chi connectivity index (χ2v) is 9.07. The number of thioether (sulfide) groups is 1. The van der Waals surface area contributed by atoms with E-state index in [9.17, 15) is 9.59 Å². The number of nitrogens with zero attached hydrogens (tertiary/aromatic N) is 1. The first-order valence-corrected chi connectivity index (χ1v) is 9.69. The van der Waals surface area contributed by atoms with Gasteiger partial charge in [0.15, 0.2) is 0 Å². The SMILES string of the molecule is CC(C)OCCCNC(=O)[C@@H]1N2C(=O)c3ccccc3[C@H]2SC1(C)C. The van der Waals surface area contributed by atoms with Crippen LogP contribution in [0.15, 0.2) is 24.3 Å². The Kier molecular flexibility index (Phi) is 5.11. The van der Waals surface area contributed by atoms with Crippen LogP contribution in [0.25, 0.3) is 0 Å². The van der Waals surface area contributed by atoms with Gasteiger partial charge in [0.2, 0.25) is 5.91 Å². The summed E-state index contributed by atoms with van der Waals surface area (Å²) in [6, 6.07) is 7.20. The summed E-state index contributed by atoms with van der Waals surface area (Å²) in [4.78, 5) is 27.4. The van der Waals surface area contributed by atoms with Gasteiger partial charge in [0, 0.05) is 23.5 Å². The number of amides is 2. The van der Waals surface area contributed by atoms with Gasteiger partial charge in [-0.15, -0.1) is 11.8 Å².